The molecule has 2 aliphatic rings. The molecule has 35 heavy (non-hydrogen) atoms. The Morgan fingerprint density at radius 3 is 2.86 bits per heavy atom. The highest BCUT2D eigenvalue weighted by molar-refractivity contribution is 7.19. The summed E-state index contributed by atoms with van der Waals surface area (Å²) in [5.41, 5.74) is 2.55. The third-order valence-electron chi connectivity index (χ3n) is 6.49. The second kappa shape index (κ2) is 10.0. The zero-order valence-electron chi connectivity index (χ0n) is 20.3. The van der Waals surface area contributed by atoms with Crippen molar-refractivity contribution in [1.82, 2.24) is 19.8 Å². The Hall–Kier alpha value is -2.88. The predicted molar refractivity (Wildman–Crippen MR) is 137 cm³/mol. The van der Waals surface area contributed by atoms with E-state index in [1.165, 1.54) is 11.6 Å². The van der Waals surface area contributed by atoms with E-state index >= 15 is 0 Å². The molecule has 7 nitrogen and oxygen atoms in total. The number of nitrogens with one attached hydrogen (secondary N) is 1. The van der Waals surface area contributed by atoms with Gasteiger partial charge >= 0.3 is 0 Å². The molecular weight excluding hydrogens is 465 g/mol. The summed E-state index contributed by atoms with van der Waals surface area (Å²) < 4.78 is 19.5. The molecule has 2 aromatic heterocycles. The van der Waals surface area contributed by atoms with Crippen molar-refractivity contribution in [2.24, 2.45) is 0 Å². The molecule has 0 saturated carbocycles. The number of hydrogen-bond acceptors (Lipinski definition) is 7. The van der Waals surface area contributed by atoms with Crippen LogP contribution in [0.5, 0.6) is 0 Å². The van der Waals surface area contributed by atoms with Gasteiger partial charge in [-0.3, -0.25) is 9.69 Å². The van der Waals surface area contributed by atoms with Gasteiger partial charge in [0, 0.05) is 42.8 Å². The number of carbonyl (C=O) groups is 1. The molecule has 1 N–H and O–H groups in total. The number of nitrogens with zero attached hydrogens (tertiary/aromatic N) is 4. The molecule has 2 atom stereocenters. The summed E-state index contributed by atoms with van der Waals surface area (Å²) in [4.78, 5) is 28.1. The number of carbonyl (C=O) groups excluding carboxylic acids is 1. The van der Waals surface area contributed by atoms with Crippen LogP contribution in [0, 0.1) is 12.7 Å². The van der Waals surface area contributed by atoms with Crippen molar-refractivity contribution < 1.29 is 13.9 Å². The minimum Gasteiger partial charge on any atom is -0.373 e. The predicted octanol–water partition coefficient (Wildman–Crippen LogP) is 4.43. The number of aromatic nitrogens is 2. The summed E-state index contributed by atoms with van der Waals surface area (Å²) in [5, 5.41) is 4.33. The fourth-order valence-corrected chi connectivity index (χ4v) is 6.11. The van der Waals surface area contributed by atoms with Crippen molar-refractivity contribution in [2.75, 3.05) is 31.5 Å². The van der Waals surface area contributed by atoms with Gasteiger partial charge in [0.05, 0.1) is 24.1 Å². The average molecular weight is 496 g/mol. The Bertz CT molecular complexity index is 1270. The van der Waals surface area contributed by atoms with Crippen molar-refractivity contribution in [3.8, 4) is 0 Å². The number of anilines is 2. The largest absolute Gasteiger partial charge is 0.373 e. The Morgan fingerprint density at radius 1 is 1.29 bits per heavy atom. The van der Waals surface area contributed by atoms with Gasteiger partial charge in [0.2, 0.25) is 5.91 Å². The molecule has 184 valence electrons. The van der Waals surface area contributed by atoms with E-state index in [0.717, 1.165) is 46.8 Å². The van der Waals surface area contributed by atoms with Gasteiger partial charge in [0.25, 0.3) is 0 Å². The summed E-state index contributed by atoms with van der Waals surface area (Å²) >= 11 is 1.61. The molecule has 1 saturated heterocycles. The van der Waals surface area contributed by atoms with Crippen LogP contribution in [0.15, 0.2) is 36.7 Å². The molecule has 1 aromatic carbocycles. The fourth-order valence-electron chi connectivity index (χ4n) is 4.91. The summed E-state index contributed by atoms with van der Waals surface area (Å²) in [7, 11) is 0. The summed E-state index contributed by atoms with van der Waals surface area (Å²) in [6, 6.07) is 4.93. The summed E-state index contributed by atoms with van der Waals surface area (Å²) in [6.45, 7) is 9.64. The average Bonchev–Trinajstić information content (AvgIpc) is 3.19. The van der Waals surface area contributed by atoms with Crippen LogP contribution in [0.3, 0.4) is 0 Å². The number of halogens is 1. The highest BCUT2D eigenvalue weighted by atomic mass is 32.1. The molecule has 5 rings (SSSR count). The zero-order chi connectivity index (χ0) is 24.5. The topological polar surface area (TPSA) is 70.6 Å². The minimum atomic E-state index is -0.232. The molecular formula is C26H30FN5O2S. The summed E-state index contributed by atoms with van der Waals surface area (Å²) in [6.07, 6.45) is 6.38. The monoisotopic (exact) mass is 495 g/mol. The number of thiophene rings is 1. The molecule has 1 fully saturated rings. The van der Waals surface area contributed by atoms with Crippen molar-refractivity contribution in [3.63, 3.8) is 0 Å². The number of hydrogen-bond donors (Lipinski definition) is 1. The van der Waals surface area contributed by atoms with Crippen molar-refractivity contribution >= 4 is 39.0 Å². The van der Waals surface area contributed by atoms with Crippen LogP contribution in [0.2, 0.25) is 0 Å². The standard InChI is InChI=1S/C26H30FN5O2S/c1-16-11-19(6-7-21(16)27)30-25-24-20-8-10-32(14-22(20)35-26(24)29-15-28-25)23(33)5-4-9-31-12-17(2)34-18(3)13-31/h4-7,11,15,17-18H,8-10,12-14H2,1-3H3,(H,28,29,30)/b5-4+. The van der Waals surface area contributed by atoms with E-state index in [-0.39, 0.29) is 23.9 Å². The lowest BCUT2D eigenvalue weighted by Crippen LogP contribution is -2.45. The zero-order valence-corrected chi connectivity index (χ0v) is 21.1. The Morgan fingerprint density at radius 2 is 2.09 bits per heavy atom. The number of rotatable bonds is 5. The maximum absolute atomic E-state index is 13.7. The molecule has 0 spiro atoms. The van der Waals surface area contributed by atoms with E-state index in [9.17, 15) is 9.18 Å². The van der Waals surface area contributed by atoms with E-state index in [2.05, 4.69) is 34.0 Å². The van der Waals surface area contributed by atoms with E-state index in [1.807, 2.05) is 11.0 Å². The summed E-state index contributed by atoms with van der Waals surface area (Å²) in [5.74, 6) is 0.519. The molecule has 2 unspecified atom stereocenters. The normalized spacial score (nSPS) is 21.0. The lowest BCUT2D eigenvalue weighted by atomic mass is 10.0. The van der Waals surface area contributed by atoms with Crippen LogP contribution in [-0.4, -0.2) is 64.1 Å². The molecule has 0 radical (unpaired) electrons. The fraction of sp³-hybridized carbons (Fsp3) is 0.423. The first kappa shape index (κ1) is 23.8. The van der Waals surface area contributed by atoms with Crippen molar-refractivity contribution in [1.29, 1.82) is 0 Å². The van der Waals surface area contributed by atoms with E-state index in [0.29, 0.717) is 24.5 Å². The third-order valence-corrected chi connectivity index (χ3v) is 7.61. The van der Waals surface area contributed by atoms with Gasteiger partial charge in [-0.2, -0.15) is 0 Å². The Kier molecular flexibility index (Phi) is 6.82. The first-order valence-corrected chi connectivity index (χ1v) is 12.8. The van der Waals surface area contributed by atoms with Crippen LogP contribution in [0.1, 0.15) is 29.9 Å². The molecule has 0 aliphatic carbocycles. The molecule has 3 aromatic rings. The van der Waals surface area contributed by atoms with E-state index in [1.54, 1.807) is 42.8 Å². The van der Waals surface area contributed by atoms with E-state index < -0.39 is 0 Å². The second-order valence-electron chi connectivity index (χ2n) is 9.38. The number of ether oxygens (including phenoxy) is 1. The van der Waals surface area contributed by atoms with Gasteiger partial charge < -0.3 is 15.0 Å². The highest BCUT2D eigenvalue weighted by Gasteiger charge is 2.26. The highest BCUT2D eigenvalue weighted by Crippen LogP contribution is 2.38. The first-order valence-electron chi connectivity index (χ1n) is 12.0. The minimum absolute atomic E-state index is 0.0358. The van der Waals surface area contributed by atoms with Gasteiger partial charge in [0.15, 0.2) is 0 Å². The van der Waals surface area contributed by atoms with Gasteiger partial charge in [0.1, 0.15) is 22.8 Å². The maximum Gasteiger partial charge on any atom is 0.246 e. The third kappa shape index (κ3) is 5.22. The molecule has 4 heterocycles. The number of amides is 1. The Balaban J connectivity index is 1.28. The van der Waals surface area contributed by atoms with Gasteiger partial charge in [-0.15, -0.1) is 11.3 Å². The number of benzene rings is 1. The molecule has 9 heteroatoms. The van der Waals surface area contributed by atoms with Crippen molar-refractivity contribution in [3.05, 3.63) is 58.5 Å². The number of morpholine rings is 1. The Labute approximate surface area is 208 Å². The van der Waals surface area contributed by atoms with Crippen LogP contribution >= 0.6 is 11.3 Å². The second-order valence-corrected chi connectivity index (χ2v) is 10.5. The number of fused-ring (bicyclic) bond motifs is 3. The SMILES string of the molecule is Cc1cc(Nc2ncnc3sc4c(c23)CCN(C(=O)/C=C/CN2CC(C)OC(C)C2)C4)ccc1F. The van der Waals surface area contributed by atoms with Crippen molar-refractivity contribution in [2.45, 2.75) is 45.9 Å². The van der Waals surface area contributed by atoms with Gasteiger partial charge in [-0.05, 0) is 56.5 Å². The molecule has 2 aliphatic heterocycles. The quantitative estimate of drug-likeness (QED) is 0.528. The van der Waals surface area contributed by atoms with Crippen LogP contribution < -0.4 is 5.32 Å². The van der Waals surface area contributed by atoms with Crippen LogP contribution in [-0.2, 0) is 22.5 Å². The van der Waals surface area contributed by atoms with Crippen LogP contribution in [0.4, 0.5) is 15.9 Å². The van der Waals surface area contributed by atoms with E-state index in [4.69, 9.17) is 4.74 Å². The lowest BCUT2D eigenvalue weighted by Gasteiger charge is -2.34. The maximum atomic E-state index is 13.7. The van der Waals surface area contributed by atoms with Crippen LogP contribution in [0.25, 0.3) is 10.2 Å². The smallest absolute Gasteiger partial charge is 0.246 e. The lowest BCUT2D eigenvalue weighted by molar-refractivity contribution is -0.126. The molecule has 1 amide bonds. The number of aryl methyl sites for hydroxylation is 1. The van der Waals surface area contributed by atoms with Gasteiger partial charge in [-0.1, -0.05) is 6.08 Å². The first-order chi connectivity index (χ1) is 16.9. The van der Waals surface area contributed by atoms with Gasteiger partial charge in [-0.25, -0.2) is 14.4 Å². The molecule has 0 bridgehead atoms.